The molecule has 1 heterocycles. The van der Waals surface area contributed by atoms with E-state index in [0.717, 1.165) is 0 Å². The maximum atomic E-state index is 12.5. The highest BCUT2D eigenvalue weighted by molar-refractivity contribution is 6.07. The molecule has 0 saturated heterocycles. The Hall–Kier alpha value is -2.62. The summed E-state index contributed by atoms with van der Waals surface area (Å²) in [5.74, 6) is -0.721. The van der Waals surface area contributed by atoms with Crippen LogP contribution >= 0.6 is 0 Å². The van der Waals surface area contributed by atoms with Gasteiger partial charge in [-0.3, -0.25) is 9.59 Å². The van der Waals surface area contributed by atoms with Gasteiger partial charge in [-0.15, -0.1) is 0 Å². The van der Waals surface area contributed by atoms with E-state index in [2.05, 4.69) is 10.2 Å². The van der Waals surface area contributed by atoms with Gasteiger partial charge in [-0.25, -0.2) is 0 Å². The number of hydrogen-bond acceptors (Lipinski definition) is 4. The van der Waals surface area contributed by atoms with Gasteiger partial charge in [0, 0.05) is 11.1 Å². The molecule has 4 nitrogen and oxygen atoms in total. The summed E-state index contributed by atoms with van der Waals surface area (Å²) in [6, 6.07) is 17.2. The van der Waals surface area contributed by atoms with Crippen LogP contribution < -0.4 is 0 Å². The Morgan fingerprint density at radius 2 is 1.33 bits per heavy atom. The SMILES string of the molecule is O=C(c1ccccc1)C1CN=NC1C(=O)c1ccccc1. The van der Waals surface area contributed by atoms with E-state index in [9.17, 15) is 9.59 Å². The Balaban J connectivity index is 1.84. The molecule has 0 amide bonds. The van der Waals surface area contributed by atoms with Gasteiger partial charge in [0.1, 0.15) is 6.04 Å². The molecule has 2 unspecified atom stereocenters. The lowest BCUT2D eigenvalue weighted by molar-refractivity contribution is 0.0846. The summed E-state index contributed by atoms with van der Waals surface area (Å²) in [5.41, 5.74) is 1.16. The zero-order valence-electron chi connectivity index (χ0n) is 11.3. The second-order valence-corrected chi connectivity index (χ2v) is 4.95. The highest BCUT2D eigenvalue weighted by Gasteiger charge is 2.37. The molecule has 0 N–H and O–H groups in total. The number of Topliss-reactive ketones (excluding diaryl/α,β-unsaturated/α-hetero) is 2. The van der Waals surface area contributed by atoms with E-state index in [1.165, 1.54) is 0 Å². The van der Waals surface area contributed by atoms with E-state index in [1.807, 2.05) is 24.3 Å². The number of benzene rings is 2. The second-order valence-electron chi connectivity index (χ2n) is 4.95. The highest BCUT2D eigenvalue weighted by Crippen LogP contribution is 2.24. The molecule has 1 aliphatic heterocycles. The summed E-state index contributed by atoms with van der Waals surface area (Å²) < 4.78 is 0. The molecule has 2 atom stereocenters. The van der Waals surface area contributed by atoms with Gasteiger partial charge in [-0.2, -0.15) is 10.2 Å². The molecule has 1 aliphatic rings. The molecule has 2 aromatic rings. The van der Waals surface area contributed by atoms with E-state index in [-0.39, 0.29) is 18.1 Å². The molecule has 0 saturated carbocycles. The fourth-order valence-electron chi connectivity index (χ4n) is 2.45. The first-order chi connectivity index (χ1) is 10.3. The van der Waals surface area contributed by atoms with E-state index in [4.69, 9.17) is 0 Å². The predicted molar refractivity (Wildman–Crippen MR) is 78.5 cm³/mol. The zero-order valence-corrected chi connectivity index (χ0v) is 11.3. The van der Waals surface area contributed by atoms with Crippen LogP contribution in [0.2, 0.25) is 0 Å². The summed E-state index contributed by atoms with van der Waals surface area (Å²) in [4.78, 5) is 25.0. The Morgan fingerprint density at radius 1 is 0.810 bits per heavy atom. The fraction of sp³-hybridized carbons (Fsp3) is 0.176. The first-order valence-corrected chi connectivity index (χ1v) is 6.82. The van der Waals surface area contributed by atoms with Crippen LogP contribution in [0.1, 0.15) is 20.7 Å². The number of rotatable bonds is 4. The Kier molecular flexibility index (Phi) is 3.69. The average molecular weight is 278 g/mol. The van der Waals surface area contributed by atoms with Crippen molar-refractivity contribution in [2.45, 2.75) is 6.04 Å². The van der Waals surface area contributed by atoms with Crippen molar-refractivity contribution in [3.8, 4) is 0 Å². The van der Waals surface area contributed by atoms with Gasteiger partial charge in [0.05, 0.1) is 12.5 Å². The first-order valence-electron chi connectivity index (χ1n) is 6.82. The molecule has 0 aromatic heterocycles. The molecular weight excluding hydrogens is 264 g/mol. The van der Waals surface area contributed by atoms with Crippen LogP contribution in [0.4, 0.5) is 0 Å². The Bertz CT molecular complexity index is 680. The maximum absolute atomic E-state index is 12.5. The molecule has 0 radical (unpaired) electrons. The van der Waals surface area contributed by atoms with Crippen LogP contribution in [-0.2, 0) is 0 Å². The molecule has 0 aliphatic carbocycles. The molecule has 4 heteroatoms. The topological polar surface area (TPSA) is 58.9 Å². The van der Waals surface area contributed by atoms with Crippen molar-refractivity contribution in [3.05, 3.63) is 71.8 Å². The van der Waals surface area contributed by atoms with Crippen molar-refractivity contribution < 1.29 is 9.59 Å². The largest absolute Gasteiger partial charge is 0.294 e. The molecule has 0 bridgehead atoms. The molecule has 3 rings (SSSR count). The van der Waals surface area contributed by atoms with Crippen molar-refractivity contribution in [1.29, 1.82) is 0 Å². The summed E-state index contributed by atoms with van der Waals surface area (Å²) in [6.07, 6.45) is 0. The van der Waals surface area contributed by atoms with Crippen molar-refractivity contribution in [3.63, 3.8) is 0 Å². The summed E-state index contributed by atoms with van der Waals surface area (Å²) in [6.45, 7) is 0.275. The smallest absolute Gasteiger partial charge is 0.190 e. The third-order valence-corrected chi connectivity index (χ3v) is 3.59. The predicted octanol–water partition coefficient (Wildman–Crippen LogP) is 3.20. The van der Waals surface area contributed by atoms with Crippen molar-refractivity contribution >= 4 is 11.6 Å². The van der Waals surface area contributed by atoms with Crippen LogP contribution in [0, 0.1) is 5.92 Å². The van der Waals surface area contributed by atoms with Crippen molar-refractivity contribution in [1.82, 2.24) is 0 Å². The molecule has 2 aromatic carbocycles. The number of nitrogens with zero attached hydrogens (tertiary/aromatic N) is 2. The minimum absolute atomic E-state index is 0.0742. The van der Waals surface area contributed by atoms with Gasteiger partial charge in [0.15, 0.2) is 11.6 Å². The van der Waals surface area contributed by atoms with Crippen LogP contribution in [-0.4, -0.2) is 24.2 Å². The third kappa shape index (κ3) is 2.65. The van der Waals surface area contributed by atoms with Gasteiger partial charge < -0.3 is 0 Å². The number of azo groups is 1. The first kappa shape index (κ1) is 13.4. The van der Waals surface area contributed by atoms with Crippen LogP contribution in [0.5, 0.6) is 0 Å². The summed E-state index contributed by atoms with van der Waals surface area (Å²) in [7, 11) is 0. The molecule has 0 fully saturated rings. The van der Waals surface area contributed by atoms with E-state index in [0.29, 0.717) is 11.1 Å². The Morgan fingerprint density at radius 3 is 1.90 bits per heavy atom. The molecular formula is C17H14N2O2. The number of ketones is 2. The molecule has 0 spiro atoms. The van der Waals surface area contributed by atoms with E-state index in [1.54, 1.807) is 36.4 Å². The fourth-order valence-corrected chi connectivity index (χ4v) is 2.45. The lowest BCUT2D eigenvalue weighted by atomic mass is 9.87. The summed E-state index contributed by atoms with van der Waals surface area (Å²) in [5, 5.41) is 7.92. The van der Waals surface area contributed by atoms with Crippen LogP contribution in [0.25, 0.3) is 0 Å². The van der Waals surface area contributed by atoms with Gasteiger partial charge in [-0.05, 0) is 0 Å². The lowest BCUT2D eigenvalue weighted by Gasteiger charge is -2.14. The maximum Gasteiger partial charge on any atom is 0.190 e. The number of carbonyl (C=O) groups is 2. The highest BCUT2D eigenvalue weighted by atomic mass is 16.1. The lowest BCUT2D eigenvalue weighted by Crippen LogP contribution is -2.32. The third-order valence-electron chi connectivity index (χ3n) is 3.59. The van der Waals surface area contributed by atoms with E-state index >= 15 is 0 Å². The van der Waals surface area contributed by atoms with Crippen LogP contribution in [0.15, 0.2) is 70.9 Å². The van der Waals surface area contributed by atoms with Gasteiger partial charge in [-0.1, -0.05) is 60.7 Å². The molecule has 21 heavy (non-hydrogen) atoms. The van der Waals surface area contributed by atoms with Crippen LogP contribution in [0.3, 0.4) is 0 Å². The van der Waals surface area contributed by atoms with Crippen molar-refractivity contribution in [2.24, 2.45) is 16.1 Å². The monoisotopic (exact) mass is 278 g/mol. The molecule has 104 valence electrons. The number of hydrogen-bond donors (Lipinski definition) is 0. The van der Waals surface area contributed by atoms with Gasteiger partial charge >= 0.3 is 0 Å². The van der Waals surface area contributed by atoms with Crippen molar-refractivity contribution in [2.75, 3.05) is 6.54 Å². The minimum Gasteiger partial charge on any atom is -0.294 e. The Labute approximate surface area is 122 Å². The quantitative estimate of drug-likeness (QED) is 0.806. The number of carbonyl (C=O) groups excluding carboxylic acids is 2. The van der Waals surface area contributed by atoms with Gasteiger partial charge in [0.25, 0.3) is 0 Å². The van der Waals surface area contributed by atoms with E-state index < -0.39 is 12.0 Å². The second kappa shape index (κ2) is 5.79. The zero-order chi connectivity index (χ0) is 14.7. The van der Waals surface area contributed by atoms with Gasteiger partial charge in [0.2, 0.25) is 0 Å². The normalized spacial score (nSPS) is 20.4. The standard InChI is InChI=1S/C17H14N2O2/c20-16(12-7-3-1-4-8-12)14-11-18-19-15(14)17(21)13-9-5-2-6-10-13/h1-10,14-15H,11H2. The average Bonchev–Trinajstić information content (AvgIpc) is 3.04. The summed E-state index contributed by atoms with van der Waals surface area (Å²) >= 11 is 0. The minimum atomic E-state index is -0.708.